The zero-order chi connectivity index (χ0) is 12.5. The number of hydrogen-bond donors (Lipinski definition) is 0. The third-order valence-electron chi connectivity index (χ3n) is 3.45. The van der Waals surface area contributed by atoms with E-state index in [2.05, 4.69) is 18.2 Å². The van der Waals surface area contributed by atoms with Crippen molar-refractivity contribution in [3.8, 4) is 11.1 Å². The highest BCUT2D eigenvalue weighted by Gasteiger charge is 2.16. The van der Waals surface area contributed by atoms with Gasteiger partial charge in [0.05, 0.1) is 0 Å². The summed E-state index contributed by atoms with van der Waals surface area (Å²) in [6.07, 6.45) is 2.10. The summed E-state index contributed by atoms with van der Waals surface area (Å²) in [5, 5.41) is 0.768. The Morgan fingerprint density at radius 1 is 0.944 bits per heavy atom. The quantitative estimate of drug-likeness (QED) is 0.752. The summed E-state index contributed by atoms with van der Waals surface area (Å²) in [5.41, 5.74) is 4.64. The summed E-state index contributed by atoms with van der Waals surface area (Å²) >= 11 is 6.21. The number of carbonyl (C=O) groups excluding carboxylic acids is 1. The lowest BCUT2D eigenvalue weighted by molar-refractivity contribution is -0.118. The fourth-order valence-corrected chi connectivity index (χ4v) is 2.71. The van der Waals surface area contributed by atoms with E-state index >= 15 is 0 Å². The van der Waals surface area contributed by atoms with Crippen LogP contribution in [-0.2, 0) is 17.6 Å². The van der Waals surface area contributed by atoms with Crippen LogP contribution in [0.3, 0.4) is 0 Å². The molecule has 18 heavy (non-hydrogen) atoms. The molecule has 0 radical (unpaired) electrons. The SMILES string of the molecule is O=C1CCc2cc(-c3ccccc3Cl)ccc2C1. The highest BCUT2D eigenvalue weighted by molar-refractivity contribution is 6.33. The fourth-order valence-electron chi connectivity index (χ4n) is 2.47. The topological polar surface area (TPSA) is 17.1 Å². The van der Waals surface area contributed by atoms with E-state index in [1.807, 2.05) is 24.3 Å². The number of rotatable bonds is 1. The maximum atomic E-state index is 11.4. The third-order valence-corrected chi connectivity index (χ3v) is 3.78. The molecule has 3 rings (SSSR count). The van der Waals surface area contributed by atoms with E-state index < -0.39 is 0 Å². The number of ketones is 1. The molecule has 0 spiro atoms. The summed E-state index contributed by atoms with van der Waals surface area (Å²) in [4.78, 5) is 11.4. The summed E-state index contributed by atoms with van der Waals surface area (Å²) in [6, 6.07) is 14.1. The van der Waals surface area contributed by atoms with Gasteiger partial charge in [-0.25, -0.2) is 0 Å². The first kappa shape index (κ1) is 11.5. The standard InChI is InChI=1S/C16H13ClO/c17-16-4-2-1-3-15(16)13-6-5-12-10-14(18)8-7-11(12)9-13/h1-6,9H,7-8,10H2. The molecule has 2 aromatic rings. The van der Waals surface area contributed by atoms with Gasteiger partial charge in [0.2, 0.25) is 0 Å². The Hall–Kier alpha value is -1.60. The molecule has 0 bridgehead atoms. The highest BCUT2D eigenvalue weighted by atomic mass is 35.5. The summed E-state index contributed by atoms with van der Waals surface area (Å²) < 4.78 is 0. The number of carbonyl (C=O) groups is 1. The van der Waals surface area contributed by atoms with Crippen LogP contribution < -0.4 is 0 Å². The molecule has 0 N–H and O–H groups in total. The van der Waals surface area contributed by atoms with Crippen molar-refractivity contribution in [2.75, 3.05) is 0 Å². The third kappa shape index (κ3) is 2.06. The molecule has 0 atom stereocenters. The zero-order valence-electron chi connectivity index (χ0n) is 9.95. The van der Waals surface area contributed by atoms with E-state index in [0.717, 1.165) is 22.6 Å². The predicted molar refractivity (Wildman–Crippen MR) is 73.9 cm³/mol. The Morgan fingerprint density at radius 3 is 2.61 bits per heavy atom. The predicted octanol–water partition coefficient (Wildman–Crippen LogP) is 4.06. The van der Waals surface area contributed by atoms with Crippen molar-refractivity contribution in [3.05, 3.63) is 58.6 Å². The largest absolute Gasteiger partial charge is 0.299 e. The van der Waals surface area contributed by atoms with Crippen LogP contribution in [0.4, 0.5) is 0 Å². The first-order chi connectivity index (χ1) is 8.74. The van der Waals surface area contributed by atoms with E-state index in [-0.39, 0.29) is 0 Å². The second-order valence-electron chi connectivity index (χ2n) is 4.68. The van der Waals surface area contributed by atoms with Crippen molar-refractivity contribution in [1.29, 1.82) is 0 Å². The zero-order valence-corrected chi connectivity index (χ0v) is 10.7. The Labute approximate surface area is 111 Å². The molecular weight excluding hydrogens is 244 g/mol. The van der Waals surface area contributed by atoms with Crippen LogP contribution in [-0.4, -0.2) is 5.78 Å². The minimum absolute atomic E-state index is 0.341. The van der Waals surface area contributed by atoms with Gasteiger partial charge < -0.3 is 0 Å². The van der Waals surface area contributed by atoms with Gasteiger partial charge in [-0.15, -0.1) is 0 Å². The van der Waals surface area contributed by atoms with Gasteiger partial charge in [0.15, 0.2) is 0 Å². The molecule has 2 heteroatoms. The van der Waals surface area contributed by atoms with Crippen LogP contribution in [0, 0.1) is 0 Å². The van der Waals surface area contributed by atoms with E-state index in [0.29, 0.717) is 18.6 Å². The van der Waals surface area contributed by atoms with Crippen LogP contribution >= 0.6 is 11.6 Å². The molecule has 1 nitrogen and oxygen atoms in total. The van der Waals surface area contributed by atoms with E-state index in [1.165, 1.54) is 11.1 Å². The second kappa shape index (κ2) is 4.58. The maximum Gasteiger partial charge on any atom is 0.137 e. The van der Waals surface area contributed by atoms with Crippen molar-refractivity contribution in [3.63, 3.8) is 0 Å². The van der Waals surface area contributed by atoms with Crippen LogP contribution in [0.5, 0.6) is 0 Å². The van der Waals surface area contributed by atoms with E-state index in [9.17, 15) is 4.79 Å². The Kier molecular flexibility index (Phi) is 2.92. The van der Waals surface area contributed by atoms with Crippen LogP contribution in [0.25, 0.3) is 11.1 Å². The highest BCUT2D eigenvalue weighted by Crippen LogP contribution is 2.30. The smallest absolute Gasteiger partial charge is 0.137 e. The minimum atomic E-state index is 0.341. The van der Waals surface area contributed by atoms with Gasteiger partial charge in [0.25, 0.3) is 0 Å². The molecule has 0 aromatic heterocycles. The molecule has 0 saturated heterocycles. The van der Waals surface area contributed by atoms with Crippen LogP contribution in [0.15, 0.2) is 42.5 Å². The lowest BCUT2D eigenvalue weighted by Gasteiger charge is -2.16. The number of benzene rings is 2. The van der Waals surface area contributed by atoms with Crippen LogP contribution in [0.2, 0.25) is 5.02 Å². The van der Waals surface area contributed by atoms with Crippen molar-refractivity contribution in [2.45, 2.75) is 19.3 Å². The summed E-state index contributed by atoms with van der Waals surface area (Å²) in [7, 11) is 0. The van der Waals surface area contributed by atoms with Gasteiger partial charge in [-0.2, -0.15) is 0 Å². The minimum Gasteiger partial charge on any atom is -0.299 e. The van der Waals surface area contributed by atoms with Crippen LogP contribution in [0.1, 0.15) is 17.5 Å². The number of fused-ring (bicyclic) bond motifs is 1. The van der Waals surface area contributed by atoms with Crippen molar-refractivity contribution >= 4 is 17.4 Å². The molecular formula is C16H13ClO. The van der Waals surface area contributed by atoms with Gasteiger partial charge in [-0.1, -0.05) is 48.0 Å². The lowest BCUT2D eigenvalue weighted by atomic mass is 9.88. The molecule has 1 aliphatic carbocycles. The van der Waals surface area contributed by atoms with Crippen molar-refractivity contribution in [2.24, 2.45) is 0 Å². The molecule has 1 aliphatic rings. The van der Waals surface area contributed by atoms with Gasteiger partial charge in [-0.3, -0.25) is 4.79 Å². The van der Waals surface area contributed by atoms with Crippen molar-refractivity contribution in [1.82, 2.24) is 0 Å². The first-order valence-corrected chi connectivity index (χ1v) is 6.50. The Bertz CT molecular complexity index is 616. The Balaban J connectivity index is 2.05. The van der Waals surface area contributed by atoms with Gasteiger partial charge in [0.1, 0.15) is 5.78 Å². The lowest BCUT2D eigenvalue weighted by Crippen LogP contribution is -2.12. The number of aryl methyl sites for hydroxylation is 1. The summed E-state index contributed by atoms with van der Waals surface area (Å²) in [6.45, 7) is 0. The van der Waals surface area contributed by atoms with Gasteiger partial charge in [0, 0.05) is 23.4 Å². The number of halogens is 1. The molecule has 0 fully saturated rings. The maximum absolute atomic E-state index is 11.4. The van der Waals surface area contributed by atoms with E-state index in [1.54, 1.807) is 0 Å². The number of Topliss-reactive ketones (excluding diaryl/α,β-unsaturated/α-hetero) is 1. The molecule has 0 saturated carbocycles. The Morgan fingerprint density at radius 2 is 1.78 bits per heavy atom. The average molecular weight is 257 g/mol. The monoisotopic (exact) mass is 256 g/mol. The number of hydrogen-bond acceptors (Lipinski definition) is 1. The molecule has 0 amide bonds. The van der Waals surface area contributed by atoms with E-state index in [4.69, 9.17) is 11.6 Å². The normalized spacial score (nSPS) is 14.4. The second-order valence-corrected chi connectivity index (χ2v) is 5.09. The fraction of sp³-hybridized carbons (Fsp3) is 0.188. The molecule has 0 unspecified atom stereocenters. The van der Waals surface area contributed by atoms with Gasteiger partial charge >= 0.3 is 0 Å². The molecule has 2 aromatic carbocycles. The molecule has 0 heterocycles. The van der Waals surface area contributed by atoms with Gasteiger partial charge in [-0.05, 0) is 29.2 Å². The molecule has 0 aliphatic heterocycles. The average Bonchev–Trinajstić information content (AvgIpc) is 2.39. The summed E-state index contributed by atoms with van der Waals surface area (Å²) in [5.74, 6) is 0.341. The van der Waals surface area contributed by atoms with Crippen molar-refractivity contribution < 1.29 is 4.79 Å². The molecule has 90 valence electrons. The first-order valence-electron chi connectivity index (χ1n) is 6.12.